The highest BCUT2D eigenvalue weighted by Crippen LogP contribution is 2.34. The smallest absolute Gasteiger partial charge is 0.227 e. The number of primary amides is 1. The number of carbonyl (C=O) groups is 1. The Labute approximate surface area is 158 Å². The third-order valence-electron chi connectivity index (χ3n) is 5.11. The van der Waals surface area contributed by atoms with Gasteiger partial charge in [0.15, 0.2) is 5.88 Å². The number of fused-ring (bicyclic) bond motifs is 1. The van der Waals surface area contributed by atoms with Gasteiger partial charge in [-0.05, 0) is 29.2 Å². The van der Waals surface area contributed by atoms with Crippen LogP contribution in [0.5, 0.6) is 0 Å². The maximum absolute atomic E-state index is 11.7. The summed E-state index contributed by atoms with van der Waals surface area (Å²) in [6.45, 7) is 0.622. The standard InChI is InChI=1S/C22H22N2O3/c1-24(20-10-9-19(27-20)15-5-3-2-4-6-15)13-14-7-8-16-12-18(25)21(22(23)26)17(16)11-14/h2-11,18,21,25H,12-13H2,1H3,(H2,23,26)/t18-,21-/m1/s1. The number of nitrogens with zero attached hydrogens (tertiary/aromatic N) is 1. The molecule has 1 aromatic heterocycles. The number of benzene rings is 2. The fourth-order valence-corrected chi connectivity index (χ4v) is 3.75. The van der Waals surface area contributed by atoms with Crippen LogP contribution in [0, 0.1) is 0 Å². The van der Waals surface area contributed by atoms with Crippen LogP contribution >= 0.6 is 0 Å². The molecule has 0 aliphatic heterocycles. The van der Waals surface area contributed by atoms with Crippen LogP contribution < -0.4 is 10.6 Å². The molecule has 5 nitrogen and oxygen atoms in total. The second-order valence-electron chi connectivity index (χ2n) is 7.04. The highest BCUT2D eigenvalue weighted by Gasteiger charge is 2.35. The minimum absolute atomic E-state index is 0.470. The highest BCUT2D eigenvalue weighted by atomic mass is 16.4. The predicted molar refractivity (Wildman–Crippen MR) is 104 cm³/mol. The van der Waals surface area contributed by atoms with Gasteiger partial charge in [-0.1, -0.05) is 48.5 Å². The molecular weight excluding hydrogens is 340 g/mol. The van der Waals surface area contributed by atoms with Crippen molar-refractivity contribution in [3.8, 4) is 11.3 Å². The second-order valence-corrected chi connectivity index (χ2v) is 7.04. The number of hydrogen-bond acceptors (Lipinski definition) is 4. The zero-order chi connectivity index (χ0) is 19.0. The van der Waals surface area contributed by atoms with Crippen molar-refractivity contribution < 1.29 is 14.3 Å². The van der Waals surface area contributed by atoms with Crippen LogP contribution in [0.3, 0.4) is 0 Å². The summed E-state index contributed by atoms with van der Waals surface area (Å²) in [5.41, 5.74) is 9.38. The zero-order valence-corrected chi connectivity index (χ0v) is 15.1. The number of aliphatic hydroxyl groups excluding tert-OH is 1. The lowest BCUT2D eigenvalue weighted by molar-refractivity contribution is -0.121. The fraction of sp³-hybridized carbons (Fsp3) is 0.227. The van der Waals surface area contributed by atoms with E-state index in [-0.39, 0.29) is 0 Å². The van der Waals surface area contributed by atoms with Crippen LogP contribution in [0.25, 0.3) is 11.3 Å². The topological polar surface area (TPSA) is 79.7 Å². The molecule has 3 aromatic rings. The number of nitrogens with two attached hydrogens (primary N) is 1. The Morgan fingerprint density at radius 1 is 1.19 bits per heavy atom. The van der Waals surface area contributed by atoms with Crippen molar-refractivity contribution in [2.75, 3.05) is 11.9 Å². The van der Waals surface area contributed by atoms with E-state index in [4.69, 9.17) is 10.2 Å². The Kier molecular flexibility index (Phi) is 4.46. The molecule has 0 saturated heterocycles. The van der Waals surface area contributed by atoms with Gasteiger partial charge in [0.05, 0.1) is 12.0 Å². The molecule has 4 rings (SSSR count). The lowest BCUT2D eigenvalue weighted by Gasteiger charge is -2.17. The Hall–Kier alpha value is -3.05. The molecule has 0 spiro atoms. The van der Waals surface area contributed by atoms with Gasteiger partial charge in [0.25, 0.3) is 0 Å². The molecule has 3 N–H and O–H groups in total. The Morgan fingerprint density at radius 2 is 1.96 bits per heavy atom. The lowest BCUT2D eigenvalue weighted by atomic mass is 9.97. The van der Waals surface area contributed by atoms with E-state index in [1.807, 2.05) is 72.6 Å². The van der Waals surface area contributed by atoms with Crippen LogP contribution in [0.2, 0.25) is 0 Å². The molecule has 1 amide bonds. The molecule has 1 heterocycles. The van der Waals surface area contributed by atoms with Crippen LogP contribution in [0.4, 0.5) is 5.88 Å². The summed E-state index contributed by atoms with van der Waals surface area (Å²) in [5.74, 6) is 0.480. The predicted octanol–water partition coefficient (Wildman–Crippen LogP) is 3.07. The molecule has 0 radical (unpaired) electrons. The van der Waals surface area contributed by atoms with Crippen molar-refractivity contribution >= 4 is 11.8 Å². The van der Waals surface area contributed by atoms with Gasteiger partial charge in [-0.3, -0.25) is 4.79 Å². The lowest BCUT2D eigenvalue weighted by Crippen LogP contribution is -2.28. The van der Waals surface area contributed by atoms with E-state index in [2.05, 4.69) is 0 Å². The Bertz CT molecular complexity index is 965. The minimum atomic E-state index is -0.732. The molecule has 1 aliphatic rings. The van der Waals surface area contributed by atoms with Gasteiger partial charge in [0, 0.05) is 25.2 Å². The van der Waals surface area contributed by atoms with E-state index in [1.165, 1.54) is 0 Å². The van der Waals surface area contributed by atoms with Crippen LogP contribution in [0.1, 0.15) is 22.6 Å². The summed E-state index contributed by atoms with van der Waals surface area (Å²) in [4.78, 5) is 13.7. The molecule has 27 heavy (non-hydrogen) atoms. The average Bonchev–Trinajstić information content (AvgIpc) is 3.26. The van der Waals surface area contributed by atoms with Crippen molar-refractivity contribution in [2.45, 2.75) is 25.0 Å². The van der Waals surface area contributed by atoms with E-state index in [0.29, 0.717) is 13.0 Å². The first kappa shape index (κ1) is 17.4. The number of amides is 1. The molecular formula is C22H22N2O3. The van der Waals surface area contributed by atoms with Crippen LogP contribution in [-0.2, 0) is 17.8 Å². The molecule has 1 aliphatic carbocycles. The average molecular weight is 362 g/mol. The molecule has 0 saturated carbocycles. The van der Waals surface area contributed by atoms with Gasteiger partial charge >= 0.3 is 0 Å². The second kappa shape index (κ2) is 6.93. The number of anilines is 1. The molecule has 0 fully saturated rings. The van der Waals surface area contributed by atoms with E-state index in [1.54, 1.807) is 0 Å². The molecule has 5 heteroatoms. The number of furan rings is 1. The quantitative estimate of drug-likeness (QED) is 0.731. The fourth-order valence-electron chi connectivity index (χ4n) is 3.75. The summed E-state index contributed by atoms with van der Waals surface area (Å²) in [5, 5.41) is 10.1. The van der Waals surface area contributed by atoms with Crippen molar-refractivity contribution in [2.24, 2.45) is 5.73 Å². The number of aliphatic hydroxyl groups is 1. The SMILES string of the molecule is CN(Cc1ccc2c(c1)[C@@H](C(N)=O)[C@H](O)C2)c1ccc(-c2ccccc2)o1. The highest BCUT2D eigenvalue weighted by molar-refractivity contribution is 5.84. The maximum atomic E-state index is 11.7. The first-order valence-corrected chi connectivity index (χ1v) is 8.98. The summed E-state index contributed by atoms with van der Waals surface area (Å²) >= 11 is 0. The summed E-state index contributed by atoms with van der Waals surface area (Å²) in [6, 6.07) is 19.8. The van der Waals surface area contributed by atoms with Gasteiger partial charge in [0.1, 0.15) is 5.76 Å². The van der Waals surface area contributed by atoms with E-state index in [0.717, 1.165) is 33.9 Å². The third kappa shape index (κ3) is 3.34. The van der Waals surface area contributed by atoms with Gasteiger partial charge < -0.3 is 20.2 Å². The molecule has 2 atom stereocenters. The Balaban J connectivity index is 1.54. The molecule has 0 bridgehead atoms. The van der Waals surface area contributed by atoms with Gasteiger partial charge in [-0.25, -0.2) is 0 Å². The summed E-state index contributed by atoms with van der Waals surface area (Å²) < 4.78 is 5.98. The third-order valence-corrected chi connectivity index (χ3v) is 5.11. The Morgan fingerprint density at radius 3 is 2.70 bits per heavy atom. The number of rotatable bonds is 5. The van der Waals surface area contributed by atoms with Crippen LogP contribution in [0.15, 0.2) is 65.1 Å². The van der Waals surface area contributed by atoms with Crippen molar-refractivity contribution in [1.82, 2.24) is 0 Å². The van der Waals surface area contributed by atoms with Crippen molar-refractivity contribution in [1.29, 1.82) is 0 Å². The van der Waals surface area contributed by atoms with Gasteiger partial charge in [-0.2, -0.15) is 0 Å². The summed E-state index contributed by atoms with van der Waals surface area (Å²) in [7, 11) is 1.96. The minimum Gasteiger partial charge on any atom is -0.441 e. The van der Waals surface area contributed by atoms with E-state index >= 15 is 0 Å². The normalized spacial score (nSPS) is 18.3. The van der Waals surface area contributed by atoms with Crippen molar-refractivity contribution in [3.63, 3.8) is 0 Å². The zero-order valence-electron chi connectivity index (χ0n) is 15.1. The molecule has 138 valence electrons. The first-order valence-electron chi connectivity index (χ1n) is 8.98. The number of hydrogen-bond donors (Lipinski definition) is 2. The van der Waals surface area contributed by atoms with Crippen LogP contribution in [-0.4, -0.2) is 24.2 Å². The van der Waals surface area contributed by atoms with Gasteiger partial charge in [0.2, 0.25) is 5.91 Å². The number of carbonyl (C=O) groups excluding carboxylic acids is 1. The summed E-state index contributed by atoms with van der Waals surface area (Å²) in [6.07, 6.45) is -0.263. The largest absolute Gasteiger partial charge is 0.441 e. The molecule has 0 unspecified atom stereocenters. The monoisotopic (exact) mass is 362 g/mol. The molecule has 2 aromatic carbocycles. The van der Waals surface area contributed by atoms with E-state index < -0.39 is 17.9 Å². The van der Waals surface area contributed by atoms with Gasteiger partial charge in [-0.15, -0.1) is 0 Å². The van der Waals surface area contributed by atoms with E-state index in [9.17, 15) is 9.90 Å². The van der Waals surface area contributed by atoms with Crippen molar-refractivity contribution in [3.05, 3.63) is 77.4 Å². The maximum Gasteiger partial charge on any atom is 0.227 e. The first-order chi connectivity index (χ1) is 13.0.